The molecule has 33 heavy (non-hydrogen) atoms. The molecule has 9 nitrogen and oxygen atoms in total. The third-order valence-electron chi connectivity index (χ3n) is 5.31. The van der Waals surface area contributed by atoms with Crippen LogP contribution in [-0.4, -0.2) is 59.5 Å². The molecular weight excluding hydrogens is 431 g/mol. The Morgan fingerprint density at radius 1 is 1.18 bits per heavy atom. The second-order valence-corrected chi connectivity index (χ2v) is 7.52. The molecule has 10 heteroatoms. The highest BCUT2D eigenvalue weighted by atomic mass is 19.1. The number of benzene rings is 2. The third-order valence-corrected chi connectivity index (χ3v) is 5.31. The molecule has 0 atom stereocenters. The smallest absolute Gasteiger partial charge is 0.303 e. The number of morpholine rings is 1. The van der Waals surface area contributed by atoms with Crippen LogP contribution in [0, 0.1) is 5.82 Å². The van der Waals surface area contributed by atoms with Crippen molar-refractivity contribution in [3.8, 4) is 17.2 Å². The first kappa shape index (κ1) is 22.5. The molecule has 1 fully saturated rings. The van der Waals surface area contributed by atoms with Crippen LogP contribution in [0.1, 0.15) is 17.7 Å². The van der Waals surface area contributed by atoms with Gasteiger partial charge in [0.05, 0.1) is 20.3 Å². The number of rotatable bonds is 9. The molecule has 2 heterocycles. The topological polar surface area (TPSA) is 98.9 Å². The lowest BCUT2D eigenvalue weighted by molar-refractivity contribution is -0.136. The zero-order valence-corrected chi connectivity index (χ0v) is 18.2. The summed E-state index contributed by atoms with van der Waals surface area (Å²) in [6.45, 7) is 2.41. The number of aryl methyl sites for hydroxylation is 1. The molecule has 3 aromatic rings. The van der Waals surface area contributed by atoms with Crippen molar-refractivity contribution in [3.63, 3.8) is 0 Å². The van der Waals surface area contributed by atoms with Gasteiger partial charge in [-0.1, -0.05) is 17.3 Å². The summed E-state index contributed by atoms with van der Waals surface area (Å²) in [5.41, 5.74) is 1.64. The van der Waals surface area contributed by atoms with Crippen LogP contribution in [0.4, 0.5) is 10.2 Å². The fourth-order valence-electron chi connectivity index (χ4n) is 3.63. The van der Waals surface area contributed by atoms with E-state index < -0.39 is 11.8 Å². The van der Waals surface area contributed by atoms with Crippen LogP contribution in [0.5, 0.6) is 11.5 Å². The molecule has 0 radical (unpaired) electrons. The highest BCUT2D eigenvalue weighted by Crippen LogP contribution is 2.28. The van der Waals surface area contributed by atoms with Gasteiger partial charge in [-0.2, -0.15) is 4.68 Å². The Labute approximate surface area is 190 Å². The number of halogens is 1. The predicted molar refractivity (Wildman–Crippen MR) is 118 cm³/mol. The van der Waals surface area contributed by atoms with Crippen molar-refractivity contribution >= 4 is 11.8 Å². The summed E-state index contributed by atoms with van der Waals surface area (Å²) < 4.78 is 32.8. The first-order valence-electron chi connectivity index (χ1n) is 10.6. The number of methoxy groups -OCH3 is 1. The fourth-order valence-corrected chi connectivity index (χ4v) is 3.63. The Balaban J connectivity index is 1.61. The average molecular weight is 456 g/mol. The summed E-state index contributed by atoms with van der Waals surface area (Å²) in [5, 5.41) is 17.4. The van der Waals surface area contributed by atoms with Gasteiger partial charge in [-0.3, -0.25) is 4.79 Å². The Bertz CT molecular complexity index is 1110. The summed E-state index contributed by atoms with van der Waals surface area (Å²) in [5.74, 6) is 0.429. The van der Waals surface area contributed by atoms with Crippen molar-refractivity contribution < 1.29 is 28.5 Å². The van der Waals surface area contributed by atoms with Crippen LogP contribution in [0.25, 0.3) is 5.69 Å². The van der Waals surface area contributed by atoms with Gasteiger partial charge in [-0.15, -0.1) is 5.10 Å². The van der Waals surface area contributed by atoms with Gasteiger partial charge >= 0.3 is 5.97 Å². The maximum absolute atomic E-state index is 14.7. The minimum absolute atomic E-state index is 0.0467. The number of aromatic nitrogens is 3. The van der Waals surface area contributed by atoms with Gasteiger partial charge in [0.2, 0.25) is 0 Å². The van der Waals surface area contributed by atoms with E-state index in [0.717, 1.165) is 5.56 Å². The molecule has 1 aliphatic heterocycles. The number of carboxylic acids is 1. The molecule has 174 valence electrons. The van der Waals surface area contributed by atoms with Crippen molar-refractivity contribution in [2.75, 3.05) is 38.3 Å². The molecule has 0 saturated carbocycles. The molecule has 4 rings (SSSR count). The van der Waals surface area contributed by atoms with Gasteiger partial charge in [-0.25, -0.2) is 4.39 Å². The highest BCUT2D eigenvalue weighted by Gasteiger charge is 2.24. The summed E-state index contributed by atoms with van der Waals surface area (Å²) in [6.07, 6.45) is 0.460. The van der Waals surface area contributed by atoms with Crippen LogP contribution in [0.15, 0.2) is 42.5 Å². The number of nitrogens with zero attached hydrogens (tertiary/aromatic N) is 4. The van der Waals surface area contributed by atoms with E-state index in [1.807, 2.05) is 23.1 Å². The van der Waals surface area contributed by atoms with Crippen LogP contribution in [0.3, 0.4) is 0 Å². The van der Waals surface area contributed by atoms with Crippen molar-refractivity contribution in [3.05, 3.63) is 59.5 Å². The van der Waals surface area contributed by atoms with Crippen molar-refractivity contribution in [2.24, 2.45) is 0 Å². The molecule has 1 N–H and O–H groups in total. The second-order valence-electron chi connectivity index (χ2n) is 7.52. The third kappa shape index (κ3) is 5.40. The van der Waals surface area contributed by atoms with Gasteiger partial charge in [0.1, 0.15) is 35.3 Å². The molecule has 0 bridgehead atoms. The van der Waals surface area contributed by atoms with Gasteiger partial charge in [0, 0.05) is 25.6 Å². The molecule has 0 unspecified atom stereocenters. The zero-order chi connectivity index (χ0) is 23.2. The first-order chi connectivity index (χ1) is 16.0. The SMILES string of the molecule is COc1ccc(F)c(-n2nnc(COc3cccc(CCC(=O)O)c3)c2N2CCOCC2)c1. The first-order valence-corrected chi connectivity index (χ1v) is 10.6. The van der Waals surface area contributed by atoms with Crippen LogP contribution >= 0.6 is 0 Å². The Morgan fingerprint density at radius 2 is 2.00 bits per heavy atom. The van der Waals surface area contributed by atoms with Crippen molar-refractivity contribution in [2.45, 2.75) is 19.4 Å². The lowest BCUT2D eigenvalue weighted by Gasteiger charge is -2.29. The van der Waals surface area contributed by atoms with Crippen LogP contribution in [0.2, 0.25) is 0 Å². The number of hydrogen-bond donors (Lipinski definition) is 1. The monoisotopic (exact) mass is 456 g/mol. The van der Waals surface area contributed by atoms with Gasteiger partial charge in [-0.05, 0) is 36.2 Å². The number of hydrogen-bond acceptors (Lipinski definition) is 7. The van der Waals surface area contributed by atoms with Gasteiger partial charge in [0.25, 0.3) is 0 Å². The van der Waals surface area contributed by atoms with E-state index in [2.05, 4.69) is 10.3 Å². The van der Waals surface area contributed by atoms with E-state index >= 15 is 0 Å². The largest absolute Gasteiger partial charge is 0.497 e. The predicted octanol–water partition coefficient (Wildman–Crippen LogP) is 2.85. The standard InChI is InChI=1S/C23H25FN4O5/c1-31-17-6-7-19(24)21(14-17)28-23(27-9-11-32-12-10-27)20(25-26-28)15-33-18-4-2-3-16(13-18)5-8-22(29)30/h2-4,6-7,13-14H,5,8-12,15H2,1H3,(H,29,30). The maximum atomic E-state index is 14.7. The van der Waals surface area contributed by atoms with Crippen molar-refractivity contribution in [1.82, 2.24) is 15.0 Å². The van der Waals surface area contributed by atoms with Gasteiger partial charge in [0.15, 0.2) is 5.82 Å². The van der Waals surface area contributed by atoms with Crippen LogP contribution < -0.4 is 14.4 Å². The lowest BCUT2D eigenvalue weighted by Crippen LogP contribution is -2.38. The number of anilines is 1. The van der Waals surface area contributed by atoms with E-state index in [-0.39, 0.29) is 18.7 Å². The molecule has 1 saturated heterocycles. The zero-order valence-electron chi connectivity index (χ0n) is 18.2. The molecule has 1 aliphatic rings. The van der Waals surface area contributed by atoms with E-state index in [4.69, 9.17) is 19.3 Å². The molecule has 2 aromatic carbocycles. The minimum Gasteiger partial charge on any atom is -0.497 e. The lowest BCUT2D eigenvalue weighted by atomic mass is 10.1. The summed E-state index contributed by atoms with van der Waals surface area (Å²) >= 11 is 0. The number of aliphatic carboxylic acids is 1. The minimum atomic E-state index is -0.849. The maximum Gasteiger partial charge on any atom is 0.303 e. The molecule has 0 amide bonds. The highest BCUT2D eigenvalue weighted by molar-refractivity contribution is 5.67. The molecule has 1 aromatic heterocycles. The van der Waals surface area contributed by atoms with E-state index in [1.54, 1.807) is 18.2 Å². The normalized spacial score (nSPS) is 13.7. The Morgan fingerprint density at radius 3 is 2.76 bits per heavy atom. The summed E-state index contributed by atoms with van der Waals surface area (Å²) in [7, 11) is 1.52. The Kier molecular flexibility index (Phi) is 7.04. The van der Waals surface area contributed by atoms with Gasteiger partial charge < -0.3 is 24.2 Å². The number of ether oxygens (including phenoxy) is 3. The summed E-state index contributed by atoms with van der Waals surface area (Å²) in [6, 6.07) is 11.7. The average Bonchev–Trinajstić information content (AvgIpc) is 3.26. The van der Waals surface area contributed by atoms with E-state index in [0.29, 0.717) is 55.7 Å². The molecule has 0 spiro atoms. The Hall–Kier alpha value is -3.66. The molecule has 0 aliphatic carbocycles. The quantitative estimate of drug-likeness (QED) is 0.525. The van der Waals surface area contributed by atoms with E-state index in [1.165, 1.54) is 17.9 Å². The van der Waals surface area contributed by atoms with Crippen molar-refractivity contribution in [1.29, 1.82) is 0 Å². The molecular formula is C23H25FN4O5. The van der Waals surface area contributed by atoms with E-state index in [9.17, 15) is 9.18 Å². The van der Waals surface area contributed by atoms with Crippen LogP contribution in [-0.2, 0) is 22.6 Å². The summed E-state index contributed by atoms with van der Waals surface area (Å²) in [4.78, 5) is 12.9. The second kappa shape index (κ2) is 10.3. The number of carbonyl (C=O) groups is 1. The fraction of sp³-hybridized carbons (Fsp3) is 0.348. The number of carboxylic acid groups (broad SMARTS) is 1.